The van der Waals surface area contributed by atoms with E-state index >= 15 is 0 Å². The first kappa shape index (κ1) is 18.1. The van der Waals surface area contributed by atoms with Gasteiger partial charge in [-0.05, 0) is 37.3 Å². The number of benzene rings is 2. The van der Waals surface area contributed by atoms with Crippen LogP contribution in [0.5, 0.6) is 0 Å². The van der Waals surface area contributed by atoms with Crippen LogP contribution in [-0.4, -0.2) is 29.0 Å². The largest absolute Gasteiger partial charge is 0.465 e. The van der Waals surface area contributed by atoms with E-state index in [0.29, 0.717) is 17.1 Å². The van der Waals surface area contributed by atoms with Gasteiger partial charge in [0.15, 0.2) is 0 Å². The second kappa shape index (κ2) is 8.09. The predicted octanol–water partition coefficient (Wildman–Crippen LogP) is 3.57. The monoisotopic (exact) mass is 362 g/mol. The van der Waals surface area contributed by atoms with E-state index in [9.17, 15) is 9.59 Å². The molecular weight excluding hydrogens is 344 g/mol. The minimum Gasteiger partial charge on any atom is -0.465 e. The van der Waals surface area contributed by atoms with Crippen molar-refractivity contribution in [3.05, 3.63) is 77.7 Å². The predicted molar refractivity (Wildman–Crippen MR) is 102 cm³/mol. The average molecular weight is 362 g/mol. The van der Waals surface area contributed by atoms with Crippen LogP contribution in [0, 0.1) is 6.92 Å². The first-order valence-corrected chi connectivity index (χ1v) is 8.20. The number of ether oxygens (including phenoxy) is 1. The summed E-state index contributed by atoms with van der Waals surface area (Å²) in [7, 11) is 1.30. The molecule has 0 aliphatic heterocycles. The third-order valence-corrected chi connectivity index (χ3v) is 3.75. The normalized spacial score (nSPS) is 10.1. The van der Waals surface area contributed by atoms with Crippen LogP contribution in [0.25, 0.3) is 0 Å². The van der Waals surface area contributed by atoms with Crippen LogP contribution in [0.1, 0.15) is 26.4 Å². The molecule has 0 fully saturated rings. The Balaban J connectivity index is 1.67. The van der Waals surface area contributed by atoms with E-state index in [-0.39, 0.29) is 5.69 Å². The molecule has 2 N–H and O–H groups in total. The summed E-state index contributed by atoms with van der Waals surface area (Å²) in [5.74, 6) is -0.369. The molecule has 0 aliphatic carbocycles. The molecule has 1 heterocycles. The lowest BCUT2D eigenvalue weighted by Gasteiger charge is -2.08. The first-order chi connectivity index (χ1) is 13.0. The third kappa shape index (κ3) is 4.66. The Labute approximate surface area is 156 Å². The number of aryl methyl sites for hydroxylation is 1. The molecule has 2 aromatic carbocycles. The van der Waals surface area contributed by atoms with Crippen LogP contribution < -0.4 is 10.6 Å². The molecule has 0 bridgehead atoms. The SMILES string of the molecule is COC(=O)c1cccc(NC(=O)c2cnc(Nc3ccc(C)cc3)cn2)c1. The Morgan fingerprint density at radius 1 is 0.963 bits per heavy atom. The van der Waals surface area contributed by atoms with E-state index < -0.39 is 11.9 Å². The Morgan fingerprint density at radius 3 is 2.41 bits per heavy atom. The van der Waals surface area contributed by atoms with Gasteiger partial charge in [-0.3, -0.25) is 4.79 Å². The number of esters is 1. The van der Waals surface area contributed by atoms with Gasteiger partial charge in [-0.1, -0.05) is 23.8 Å². The van der Waals surface area contributed by atoms with Crippen LogP contribution in [0.3, 0.4) is 0 Å². The average Bonchev–Trinajstić information content (AvgIpc) is 2.70. The number of amides is 1. The fourth-order valence-corrected chi connectivity index (χ4v) is 2.33. The van der Waals surface area contributed by atoms with Gasteiger partial charge in [0.05, 0.1) is 25.1 Å². The van der Waals surface area contributed by atoms with E-state index in [4.69, 9.17) is 0 Å². The molecule has 1 aromatic heterocycles. The number of carbonyl (C=O) groups is 2. The van der Waals surface area contributed by atoms with Crippen molar-refractivity contribution >= 4 is 29.1 Å². The highest BCUT2D eigenvalue weighted by atomic mass is 16.5. The third-order valence-electron chi connectivity index (χ3n) is 3.75. The lowest BCUT2D eigenvalue weighted by Crippen LogP contribution is -2.14. The summed E-state index contributed by atoms with van der Waals surface area (Å²) in [6, 6.07) is 14.3. The zero-order valence-electron chi connectivity index (χ0n) is 14.9. The fraction of sp³-hybridized carbons (Fsp3) is 0.100. The van der Waals surface area contributed by atoms with E-state index in [1.165, 1.54) is 25.6 Å². The van der Waals surface area contributed by atoms with E-state index in [0.717, 1.165) is 11.3 Å². The molecule has 0 saturated heterocycles. The number of hydrogen-bond acceptors (Lipinski definition) is 6. The molecule has 7 nitrogen and oxygen atoms in total. The van der Waals surface area contributed by atoms with Gasteiger partial charge < -0.3 is 15.4 Å². The molecule has 0 unspecified atom stereocenters. The molecular formula is C20H18N4O3. The summed E-state index contributed by atoms with van der Waals surface area (Å²) < 4.78 is 4.67. The maximum Gasteiger partial charge on any atom is 0.337 e. The van der Waals surface area contributed by atoms with Crippen LogP contribution in [0.15, 0.2) is 60.9 Å². The molecule has 1 amide bonds. The van der Waals surface area contributed by atoms with Gasteiger partial charge >= 0.3 is 5.97 Å². The topological polar surface area (TPSA) is 93.2 Å². The van der Waals surface area contributed by atoms with Gasteiger partial charge in [-0.2, -0.15) is 0 Å². The number of rotatable bonds is 5. The summed E-state index contributed by atoms with van der Waals surface area (Å²) in [5, 5.41) is 5.80. The molecule has 0 atom stereocenters. The van der Waals surface area contributed by atoms with Crippen molar-refractivity contribution in [2.75, 3.05) is 17.7 Å². The lowest BCUT2D eigenvalue weighted by molar-refractivity contribution is 0.0600. The Morgan fingerprint density at radius 2 is 1.74 bits per heavy atom. The molecule has 27 heavy (non-hydrogen) atoms. The van der Waals surface area contributed by atoms with Crippen molar-refractivity contribution in [3.63, 3.8) is 0 Å². The number of anilines is 3. The smallest absolute Gasteiger partial charge is 0.337 e. The zero-order chi connectivity index (χ0) is 19.2. The number of hydrogen-bond donors (Lipinski definition) is 2. The maximum atomic E-state index is 12.3. The van der Waals surface area contributed by atoms with Gasteiger partial charge in [-0.25, -0.2) is 14.8 Å². The van der Waals surface area contributed by atoms with Crippen LogP contribution in [0.4, 0.5) is 17.2 Å². The summed E-state index contributed by atoms with van der Waals surface area (Å²) in [5.41, 5.74) is 3.01. The number of carbonyl (C=O) groups excluding carboxylic acids is 2. The second-order valence-corrected chi connectivity index (χ2v) is 5.80. The highest BCUT2D eigenvalue weighted by Gasteiger charge is 2.11. The fourth-order valence-electron chi connectivity index (χ4n) is 2.33. The minimum absolute atomic E-state index is 0.160. The van der Waals surface area contributed by atoms with E-state index in [1.54, 1.807) is 18.2 Å². The molecule has 0 radical (unpaired) electrons. The minimum atomic E-state index is -0.475. The highest BCUT2D eigenvalue weighted by molar-refractivity contribution is 6.03. The summed E-state index contributed by atoms with van der Waals surface area (Å²) in [6.07, 6.45) is 2.87. The Hall–Kier alpha value is -3.74. The van der Waals surface area contributed by atoms with Crippen molar-refractivity contribution in [2.24, 2.45) is 0 Å². The summed E-state index contributed by atoms with van der Waals surface area (Å²) in [6.45, 7) is 2.01. The van der Waals surface area contributed by atoms with Gasteiger partial charge in [0.1, 0.15) is 11.5 Å². The van der Waals surface area contributed by atoms with Crippen molar-refractivity contribution in [1.29, 1.82) is 0 Å². The zero-order valence-corrected chi connectivity index (χ0v) is 14.9. The molecule has 0 saturated carbocycles. The summed E-state index contributed by atoms with van der Waals surface area (Å²) >= 11 is 0. The summed E-state index contributed by atoms with van der Waals surface area (Å²) in [4.78, 5) is 32.2. The van der Waals surface area contributed by atoms with Crippen molar-refractivity contribution < 1.29 is 14.3 Å². The van der Waals surface area contributed by atoms with Crippen molar-refractivity contribution in [1.82, 2.24) is 9.97 Å². The lowest BCUT2D eigenvalue weighted by atomic mass is 10.2. The molecule has 136 valence electrons. The van der Waals surface area contributed by atoms with Gasteiger partial charge in [-0.15, -0.1) is 0 Å². The van der Waals surface area contributed by atoms with E-state index in [2.05, 4.69) is 25.3 Å². The molecule has 3 rings (SSSR count). The van der Waals surface area contributed by atoms with Crippen molar-refractivity contribution in [2.45, 2.75) is 6.92 Å². The van der Waals surface area contributed by atoms with Gasteiger partial charge in [0.25, 0.3) is 5.91 Å². The van der Waals surface area contributed by atoms with Gasteiger partial charge in [0.2, 0.25) is 0 Å². The highest BCUT2D eigenvalue weighted by Crippen LogP contribution is 2.15. The quantitative estimate of drug-likeness (QED) is 0.674. The second-order valence-electron chi connectivity index (χ2n) is 5.80. The van der Waals surface area contributed by atoms with Gasteiger partial charge in [0, 0.05) is 11.4 Å². The van der Waals surface area contributed by atoms with Crippen molar-refractivity contribution in [3.8, 4) is 0 Å². The molecule has 3 aromatic rings. The number of methoxy groups -OCH3 is 1. The van der Waals surface area contributed by atoms with E-state index in [1.807, 2.05) is 31.2 Å². The first-order valence-electron chi connectivity index (χ1n) is 8.20. The number of nitrogens with one attached hydrogen (secondary N) is 2. The number of nitrogens with zero attached hydrogens (tertiary/aromatic N) is 2. The maximum absolute atomic E-state index is 12.3. The number of aromatic nitrogens is 2. The molecule has 7 heteroatoms. The standard InChI is InChI=1S/C20H18N4O3/c1-13-6-8-15(9-7-13)23-18-12-21-17(11-22-18)19(25)24-16-5-3-4-14(10-16)20(26)27-2/h3-12H,1-2H3,(H,22,23)(H,24,25). The van der Waals surface area contributed by atoms with Crippen LogP contribution in [0.2, 0.25) is 0 Å². The van der Waals surface area contributed by atoms with Crippen LogP contribution >= 0.6 is 0 Å². The molecule has 0 aliphatic rings. The Bertz CT molecular complexity index is 954. The Kier molecular flexibility index (Phi) is 5.41. The van der Waals surface area contributed by atoms with Crippen LogP contribution in [-0.2, 0) is 4.74 Å². The molecule has 0 spiro atoms.